The molecular formula is C16H18N6O. The summed E-state index contributed by atoms with van der Waals surface area (Å²) in [4.78, 5) is 19.6. The summed E-state index contributed by atoms with van der Waals surface area (Å²) in [6.45, 7) is 2.54. The van der Waals surface area contributed by atoms with E-state index in [0.717, 1.165) is 36.5 Å². The fourth-order valence-electron chi connectivity index (χ4n) is 2.96. The number of nitrogens with zero attached hydrogens (tertiary/aromatic N) is 6. The van der Waals surface area contributed by atoms with E-state index in [4.69, 9.17) is 4.74 Å². The predicted octanol–water partition coefficient (Wildman–Crippen LogP) is 1.66. The van der Waals surface area contributed by atoms with Crippen molar-refractivity contribution in [1.29, 1.82) is 0 Å². The zero-order valence-corrected chi connectivity index (χ0v) is 13.0. The van der Waals surface area contributed by atoms with Gasteiger partial charge in [-0.2, -0.15) is 0 Å². The molecule has 3 aromatic heterocycles. The molecular weight excluding hydrogens is 292 g/mol. The van der Waals surface area contributed by atoms with Crippen LogP contribution < -0.4 is 9.64 Å². The molecule has 4 heterocycles. The van der Waals surface area contributed by atoms with Crippen LogP contribution >= 0.6 is 0 Å². The second-order valence-electron chi connectivity index (χ2n) is 5.80. The predicted molar refractivity (Wildman–Crippen MR) is 86.4 cm³/mol. The van der Waals surface area contributed by atoms with Gasteiger partial charge >= 0.3 is 0 Å². The Kier molecular flexibility index (Phi) is 3.53. The number of pyridine rings is 1. The molecule has 0 amide bonds. The normalized spacial score (nSPS) is 17.8. The van der Waals surface area contributed by atoms with Crippen LogP contribution in [0.25, 0.3) is 11.2 Å². The molecule has 23 heavy (non-hydrogen) atoms. The van der Waals surface area contributed by atoms with Crippen molar-refractivity contribution in [3.05, 3.63) is 37.1 Å². The third-order valence-electron chi connectivity index (χ3n) is 4.17. The SMILES string of the molecule is Cn1cnc2c(N3CCC(COc4ccccn4)C3)ncnc21. The lowest BCUT2D eigenvalue weighted by molar-refractivity contribution is 0.252. The number of hydrogen-bond acceptors (Lipinski definition) is 6. The van der Waals surface area contributed by atoms with E-state index in [1.165, 1.54) is 0 Å². The van der Waals surface area contributed by atoms with Crippen LogP contribution in [-0.2, 0) is 7.05 Å². The molecule has 1 aliphatic rings. The first-order valence-electron chi connectivity index (χ1n) is 7.72. The minimum Gasteiger partial charge on any atom is -0.477 e. The van der Waals surface area contributed by atoms with Crippen LogP contribution in [0.5, 0.6) is 5.88 Å². The molecule has 1 saturated heterocycles. The van der Waals surface area contributed by atoms with Crippen molar-refractivity contribution in [2.75, 3.05) is 24.6 Å². The largest absolute Gasteiger partial charge is 0.477 e. The molecule has 0 radical (unpaired) electrons. The molecule has 1 unspecified atom stereocenters. The fraction of sp³-hybridized carbons (Fsp3) is 0.375. The average molecular weight is 310 g/mol. The van der Waals surface area contributed by atoms with Crippen molar-refractivity contribution >= 4 is 17.0 Å². The minimum absolute atomic E-state index is 0.464. The molecule has 1 atom stereocenters. The average Bonchev–Trinajstić information content (AvgIpc) is 3.21. The zero-order chi connectivity index (χ0) is 15.6. The summed E-state index contributed by atoms with van der Waals surface area (Å²) in [5, 5.41) is 0. The number of hydrogen-bond donors (Lipinski definition) is 0. The Bertz CT molecular complexity index is 803. The Balaban J connectivity index is 1.45. The van der Waals surface area contributed by atoms with Crippen molar-refractivity contribution in [3.8, 4) is 5.88 Å². The Morgan fingerprint density at radius 3 is 3.04 bits per heavy atom. The van der Waals surface area contributed by atoms with Crippen molar-refractivity contribution in [2.45, 2.75) is 6.42 Å². The summed E-state index contributed by atoms with van der Waals surface area (Å²) in [7, 11) is 1.94. The van der Waals surface area contributed by atoms with Crippen LogP contribution in [0.15, 0.2) is 37.1 Å². The van der Waals surface area contributed by atoms with Crippen molar-refractivity contribution in [3.63, 3.8) is 0 Å². The molecule has 4 rings (SSSR count). The number of imidazole rings is 1. The molecule has 0 saturated carbocycles. The van der Waals surface area contributed by atoms with Crippen LogP contribution in [0, 0.1) is 5.92 Å². The Morgan fingerprint density at radius 2 is 2.17 bits per heavy atom. The van der Waals surface area contributed by atoms with Gasteiger partial charge in [-0.25, -0.2) is 19.9 Å². The second kappa shape index (κ2) is 5.83. The first-order valence-corrected chi connectivity index (χ1v) is 7.72. The molecule has 0 spiro atoms. The van der Waals surface area contributed by atoms with E-state index in [0.29, 0.717) is 18.4 Å². The van der Waals surface area contributed by atoms with Gasteiger partial charge in [0, 0.05) is 38.3 Å². The highest BCUT2D eigenvalue weighted by Gasteiger charge is 2.26. The van der Waals surface area contributed by atoms with Gasteiger partial charge in [-0.3, -0.25) is 0 Å². The van der Waals surface area contributed by atoms with E-state index in [2.05, 4.69) is 24.8 Å². The molecule has 1 aliphatic heterocycles. The van der Waals surface area contributed by atoms with E-state index in [9.17, 15) is 0 Å². The van der Waals surface area contributed by atoms with Gasteiger partial charge in [-0.05, 0) is 12.5 Å². The maximum absolute atomic E-state index is 5.78. The number of aromatic nitrogens is 5. The van der Waals surface area contributed by atoms with E-state index in [1.807, 2.05) is 29.8 Å². The van der Waals surface area contributed by atoms with E-state index in [1.54, 1.807) is 18.9 Å². The summed E-state index contributed by atoms with van der Waals surface area (Å²) in [5.74, 6) is 2.06. The van der Waals surface area contributed by atoms with Gasteiger partial charge in [0.1, 0.15) is 6.33 Å². The van der Waals surface area contributed by atoms with Crippen molar-refractivity contribution in [1.82, 2.24) is 24.5 Å². The highest BCUT2D eigenvalue weighted by atomic mass is 16.5. The van der Waals surface area contributed by atoms with E-state index >= 15 is 0 Å². The molecule has 7 heteroatoms. The lowest BCUT2D eigenvalue weighted by atomic mass is 10.1. The van der Waals surface area contributed by atoms with Crippen LogP contribution in [0.4, 0.5) is 5.82 Å². The van der Waals surface area contributed by atoms with E-state index in [-0.39, 0.29) is 0 Å². The van der Waals surface area contributed by atoms with Crippen LogP contribution in [-0.4, -0.2) is 44.2 Å². The summed E-state index contributed by atoms with van der Waals surface area (Å²) < 4.78 is 7.69. The monoisotopic (exact) mass is 310 g/mol. The molecule has 1 fully saturated rings. The summed E-state index contributed by atoms with van der Waals surface area (Å²) >= 11 is 0. The Labute approximate surface area is 134 Å². The van der Waals surface area contributed by atoms with Gasteiger partial charge in [0.15, 0.2) is 17.0 Å². The maximum Gasteiger partial charge on any atom is 0.213 e. The lowest BCUT2D eigenvalue weighted by Gasteiger charge is -2.17. The standard InChI is InChI=1S/C16H18N6O/c1-21-11-20-14-15(21)18-10-19-16(14)22-7-5-12(8-22)9-23-13-4-2-3-6-17-13/h2-4,6,10-12H,5,7-9H2,1H3. The Morgan fingerprint density at radius 1 is 1.22 bits per heavy atom. The third-order valence-corrected chi connectivity index (χ3v) is 4.17. The first kappa shape index (κ1) is 13.9. The van der Waals surface area contributed by atoms with Gasteiger partial charge in [0.25, 0.3) is 0 Å². The van der Waals surface area contributed by atoms with Crippen molar-refractivity contribution < 1.29 is 4.74 Å². The molecule has 0 bridgehead atoms. The third kappa shape index (κ3) is 2.69. The van der Waals surface area contributed by atoms with Crippen LogP contribution in [0.1, 0.15) is 6.42 Å². The van der Waals surface area contributed by atoms with Gasteiger partial charge in [0.05, 0.1) is 12.9 Å². The number of rotatable bonds is 4. The fourth-order valence-corrected chi connectivity index (χ4v) is 2.96. The van der Waals surface area contributed by atoms with Gasteiger partial charge in [-0.15, -0.1) is 0 Å². The highest BCUT2D eigenvalue weighted by molar-refractivity contribution is 5.83. The highest BCUT2D eigenvalue weighted by Crippen LogP contribution is 2.27. The van der Waals surface area contributed by atoms with E-state index < -0.39 is 0 Å². The van der Waals surface area contributed by atoms with Gasteiger partial charge in [-0.1, -0.05) is 6.07 Å². The summed E-state index contributed by atoms with van der Waals surface area (Å²) in [6, 6.07) is 5.70. The van der Waals surface area contributed by atoms with Crippen LogP contribution in [0.2, 0.25) is 0 Å². The zero-order valence-electron chi connectivity index (χ0n) is 13.0. The number of aryl methyl sites for hydroxylation is 1. The van der Waals surface area contributed by atoms with Crippen molar-refractivity contribution in [2.24, 2.45) is 13.0 Å². The number of fused-ring (bicyclic) bond motifs is 1. The second-order valence-corrected chi connectivity index (χ2v) is 5.80. The quantitative estimate of drug-likeness (QED) is 0.730. The maximum atomic E-state index is 5.78. The van der Waals surface area contributed by atoms with Gasteiger partial charge in [0.2, 0.25) is 5.88 Å². The summed E-state index contributed by atoms with van der Waals surface area (Å²) in [6.07, 6.45) is 6.21. The van der Waals surface area contributed by atoms with Crippen LogP contribution in [0.3, 0.4) is 0 Å². The number of anilines is 1. The minimum atomic E-state index is 0.464. The first-order chi connectivity index (χ1) is 11.3. The number of ether oxygens (including phenoxy) is 1. The lowest BCUT2D eigenvalue weighted by Crippen LogP contribution is -2.23. The smallest absolute Gasteiger partial charge is 0.213 e. The molecule has 3 aromatic rings. The summed E-state index contributed by atoms with van der Waals surface area (Å²) in [5.41, 5.74) is 1.73. The molecule has 0 aromatic carbocycles. The molecule has 7 nitrogen and oxygen atoms in total. The molecule has 0 aliphatic carbocycles. The van der Waals surface area contributed by atoms with Gasteiger partial charge < -0.3 is 14.2 Å². The molecule has 118 valence electrons. The Hall–Kier alpha value is -2.70. The molecule has 0 N–H and O–H groups in total. The topological polar surface area (TPSA) is 69.0 Å².